The van der Waals surface area contributed by atoms with Crippen molar-refractivity contribution in [3.05, 3.63) is 91.6 Å². The average molecular weight is 780 g/mol. The third kappa shape index (κ3) is 9.83. The highest BCUT2D eigenvalue weighted by Gasteiger charge is 2.47. The molecule has 17 heteroatoms. The maximum atomic E-state index is 16.7. The third-order valence-electron chi connectivity index (χ3n) is 8.94. The molecule has 0 saturated carbocycles. The summed E-state index contributed by atoms with van der Waals surface area (Å²) in [5, 5.41) is 13.8. The first kappa shape index (κ1) is 44.0. The van der Waals surface area contributed by atoms with E-state index in [0.717, 1.165) is 25.3 Å². The fourth-order valence-electron chi connectivity index (χ4n) is 6.09. The Bertz CT molecular complexity index is 1920. The fraction of sp³-hybridized carbons (Fsp3) is 0.486. The summed E-state index contributed by atoms with van der Waals surface area (Å²) in [6, 6.07) is 0.586. The second-order valence-corrected chi connectivity index (χ2v) is 13.4. The van der Waals surface area contributed by atoms with Gasteiger partial charge in [0.05, 0.1) is 29.7 Å². The first-order valence-corrected chi connectivity index (χ1v) is 16.9. The van der Waals surface area contributed by atoms with Crippen molar-refractivity contribution in [1.29, 1.82) is 0 Å². The summed E-state index contributed by atoms with van der Waals surface area (Å²) in [4.78, 5) is 41.9. The Morgan fingerprint density at radius 3 is 2.11 bits per heavy atom. The number of amides is 1. The van der Waals surface area contributed by atoms with E-state index >= 15 is 8.78 Å². The molecule has 54 heavy (non-hydrogen) atoms. The number of halogens is 9. The number of nitrogens with one attached hydrogen (secondary N) is 1. The van der Waals surface area contributed by atoms with Crippen LogP contribution in [-0.2, 0) is 38.8 Å². The van der Waals surface area contributed by atoms with Gasteiger partial charge in [-0.05, 0) is 87.5 Å². The molecule has 3 aromatic rings. The minimum Gasteiger partial charge on any atom is -0.466 e. The summed E-state index contributed by atoms with van der Waals surface area (Å²) in [6.45, 7) is 8.77. The van der Waals surface area contributed by atoms with Crippen molar-refractivity contribution in [2.24, 2.45) is 5.92 Å². The molecule has 0 aliphatic heterocycles. The van der Waals surface area contributed by atoms with Crippen LogP contribution in [0.3, 0.4) is 0 Å². The summed E-state index contributed by atoms with van der Waals surface area (Å²) in [7, 11) is 1.64. The number of aliphatic hydroxyl groups is 1. The second-order valence-electron chi connectivity index (χ2n) is 13.4. The minimum absolute atomic E-state index is 0.0380. The Kier molecular flexibility index (Phi) is 13.8. The van der Waals surface area contributed by atoms with Crippen molar-refractivity contribution in [2.45, 2.75) is 84.9 Å². The van der Waals surface area contributed by atoms with E-state index in [4.69, 9.17) is 4.74 Å². The molecule has 8 nitrogen and oxygen atoms in total. The minimum atomic E-state index is -5.57. The van der Waals surface area contributed by atoms with Gasteiger partial charge in [0.2, 0.25) is 5.91 Å². The molecule has 0 radical (unpaired) electrons. The van der Waals surface area contributed by atoms with Crippen LogP contribution < -0.4 is 10.9 Å². The van der Waals surface area contributed by atoms with Crippen molar-refractivity contribution < 1.29 is 58.9 Å². The molecule has 0 aliphatic carbocycles. The normalized spacial score (nSPS) is 14.0. The van der Waals surface area contributed by atoms with Gasteiger partial charge in [-0.1, -0.05) is 26.8 Å². The van der Waals surface area contributed by atoms with E-state index in [9.17, 15) is 50.2 Å². The Labute approximate surface area is 305 Å². The van der Waals surface area contributed by atoms with Crippen LogP contribution in [0, 0.1) is 37.2 Å². The molecule has 1 heterocycles. The van der Waals surface area contributed by atoms with E-state index in [1.807, 2.05) is 5.32 Å². The zero-order valence-electron chi connectivity index (χ0n) is 30.7. The van der Waals surface area contributed by atoms with E-state index in [-0.39, 0.29) is 49.3 Å². The van der Waals surface area contributed by atoms with Crippen molar-refractivity contribution in [3.8, 4) is 11.1 Å². The molecule has 2 atom stereocenters. The molecule has 1 amide bonds. The number of hydrogen-bond donors (Lipinski definition) is 2. The van der Waals surface area contributed by atoms with E-state index in [1.165, 1.54) is 13.8 Å². The number of rotatable bonds is 14. The smallest absolute Gasteiger partial charge is 0.419 e. The Morgan fingerprint density at radius 1 is 0.963 bits per heavy atom. The quantitative estimate of drug-likeness (QED) is 0.0995. The maximum absolute atomic E-state index is 16.7. The second kappa shape index (κ2) is 17.0. The van der Waals surface area contributed by atoms with Gasteiger partial charge in [0.15, 0.2) is 5.72 Å². The SMILES string of the molecule is CCOC(=O)C[C@@](O)(NC(=O)C(CC(C)C)n1cc(CCN(C)CC)c(C(F)(F)F)cc1=O)c1c(F)c(-c2c(C)ccc(F)c2C)cc(C(F)(F)F)c1F. The van der Waals surface area contributed by atoms with Gasteiger partial charge in [-0.3, -0.25) is 14.4 Å². The van der Waals surface area contributed by atoms with Crippen LogP contribution in [0.1, 0.15) is 80.0 Å². The van der Waals surface area contributed by atoms with E-state index < -0.39 is 105 Å². The van der Waals surface area contributed by atoms with Crippen LogP contribution >= 0.6 is 0 Å². The molecule has 0 saturated heterocycles. The zero-order chi connectivity index (χ0) is 41.1. The number of carbonyl (C=O) groups excluding carboxylic acids is 2. The molecule has 2 aromatic carbocycles. The van der Waals surface area contributed by atoms with Crippen molar-refractivity contribution >= 4 is 11.9 Å². The number of ether oxygens (including phenoxy) is 1. The largest absolute Gasteiger partial charge is 0.466 e. The molecule has 2 N–H and O–H groups in total. The number of esters is 1. The number of benzene rings is 2. The molecule has 3 rings (SSSR count). The molecule has 298 valence electrons. The number of aromatic nitrogens is 1. The average Bonchev–Trinajstić information content (AvgIpc) is 3.04. The van der Waals surface area contributed by atoms with Gasteiger partial charge in [0.1, 0.15) is 23.5 Å². The summed E-state index contributed by atoms with van der Waals surface area (Å²) < 4.78 is 138. The molecule has 0 fully saturated rings. The first-order valence-electron chi connectivity index (χ1n) is 16.9. The standard InChI is InChI=1S/C37H42F9N3O5/c1-8-48(7)13-12-22-18-49(28(50)16-24(22)36(41,42)43)27(14-19(3)4)34(52)47-35(53,17-29(51)54-9-2)31-32(39)23(15-25(33(31)40)37(44,45)46)30-20(5)10-11-26(38)21(30)6/h10-11,15-16,18-19,27,53H,8-9,12-14,17H2,1-7H3,(H,47,52)/t27?,35-/m0/s1. The highest BCUT2D eigenvalue weighted by atomic mass is 19.4. The molecular formula is C37H42F9N3O5. The van der Waals surface area contributed by atoms with Crippen LogP contribution in [0.4, 0.5) is 39.5 Å². The fourth-order valence-corrected chi connectivity index (χ4v) is 6.09. The van der Waals surface area contributed by atoms with Crippen LogP contribution in [0.5, 0.6) is 0 Å². The maximum Gasteiger partial charge on any atom is 0.419 e. The van der Waals surface area contributed by atoms with Gasteiger partial charge >= 0.3 is 18.3 Å². The van der Waals surface area contributed by atoms with Crippen molar-refractivity contribution in [2.75, 3.05) is 26.7 Å². The monoisotopic (exact) mass is 779 g/mol. The number of likely N-dealkylation sites (N-methyl/N-ethyl adjacent to an activating group) is 1. The Hall–Kier alpha value is -4.38. The molecule has 1 unspecified atom stereocenters. The lowest BCUT2D eigenvalue weighted by Crippen LogP contribution is -2.52. The predicted molar refractivity (Wildman–Crippen MR) is 181 cm³/mol. The van der Waals surface area contributed by atoms with Crippen LogP contribution in [-0.4, -0.2) is 53.2 Å². The van der Waals surface area contributed by atoms with Gasteiger partial charge in [-0.2, -0.15) is 26.3 Å². The van der Waals surface area contributed by atoms with Crippen molar-refractivity contribution in [3.63, 3.8) is 0 Å². The number of nitrogens with zero attached hydrogens (tertiary/aromatic N) is 2. The Morgan fingerprint density at radius 2 is 1.57 bits per heavy atom. The summed E-state index contributed by atoms with van der Waals surface area (Å²) in [6.07, 6.45) is -11.9. The van der Waals surface area contributed by atoms with Crippen LogP contribution in [0.2, 0.25) is 0 Å². The Balaban J connectivity index is 2.38. The highest BCUT2D eigenvalue weighted by molar-refractivity contribution is 5.83. The number of alkyl halides is 6. The number of aryl methyl sites for hydroxylation is 1. The lowest BCUT2D eigenvalue weighted by Gasteiger charge is -2.33. The summed E-state index contributed by atoms with van der Waals surface area (Å²) in [5.41, 5.74) is -12.5. The molecule has 0 spiro atoms. The van der Waals surface area contributed by atoms with Crippen LogP contribution in [0.15, 0.2) is 35.3 Å². The van der Waals surface area contributed by atoms with Gasteiger partial charge < -0.3 is 24.6 Å². The molecule has 1 aromatic heterocycles. The van der Waals surface area contributed by atoms with Gasteiger partial charge in [-0.25, -0.2) is 13.2 Å². The zero-order valence-corrected chi connectivity index (χ0v) is 30.7. The lowest BCUT2D eigenvalue weighted by atomic mass is 9.87. The van der Waals surface area contributed by atoms with Gasteiger partial charge in [-0.15, -0.1) is 0 Å². The lowest BCUT2D eigenvalue weighted by molar-refractivity contribution is -0.153. The van der Waals surface area contributed by atoms with E-state index in [0.29, 0.717) is 11.1 Å². The van der Waals surface area contributed by atoms with E-state index in [2.05, 4.69) is 0 Å². The number of pyridine rings is 1. The molecule has 0 aliphatic rings. The third-order valence-corrected chi connectivity index (χ3v) is 8.94. The summed E-state index contributed by atoms with van der Waals surface area (Å²) in [5.74, 6) is -8.76. The van der Waals surface area contributed by atoms with Crippen LogP contribution in [0.25, 0.3) is 11.1 Å². The first-order chi connectivity index (χ1) is 24.9. The highest BCUT2D eigenvalue weighted by Crippen LogP contribution is 2.43. The summed E-state index contributed by atoms with van der Waals surface area (Å²) >= 11 is 0. The van der Waals surface area contributed by atoms with Crippen molar-refractivity contribution in [1.82, 2.24) is 14.8 Å². The number of hydrogen-bond acceptors (Lipinski definition) is 6. The molecular weight excluding hydrogens is 737 g/mol. The topological polar surface area (TPSA) is 101 Å². The van der Waals surface area contributed by atoms with Gasteiger partial charge in [0.25, 0.3) is 5.56 Å². The molecule has 0 bridgehead atoms. The van der Waals surface area contributed by atoms with E-state index in [1.54, 1.807) is 32.7 Å². The van der Waals surface area contributed by atoms with Gasteiger partial charge in [0, 0.05) is 24.4 Å². The number of carbonyl (C=O) groups is 2. The predicted octanol–water partition coefficient (Wildman–Crippen LogP) is 7.58.